The van der Waals surface area contributed by atoms with E-state index in [9.17, 15) is 14.9 Å². The van der Waals surface area contributed by atoms with Crippen LogP contribution in [0.25, 0.3) is 0 Å². The van der Waals surface area contributed by atoms with Gasteiger partial charge in [-0.15, -0.1) is 0 Å². The first-order chi connectivity index (χ1) is 12.9. The molecule has 138 valence electrons. The second-order valence-corrected chi connectivity index (χ2v) is 5.91. The largest absolute Gasteiger partial charge is 0.462 e. The molecule has 6 nitrogen and oxygen atoms in total. The smallest absolute Gasteiger partial charge is 0.340 e. The number of hydrogen-bond donors (Lipinski definition) is 2. The molecule has 0 aliphatic carbocycles. The summed E-state index contributed by atoms with van der Waals surface area (Å²) in [5, 5.41) is 14.9. The van der Waals surface area contributed by atoms with Gasteiger partial charge in [-0.05, 0) is 56.2 Å². The van der Waals surface area contributed by atoms with Gasteiger partial charge in [-0.1, -0.05) is 18.2 Å². The van der Waals surface area contributed by atoms with Gasteiger partial charge >= 0.3 is 5.97 Å². The lowest BCUT2D eigenvalue weighted by Gasteiger charge is -2.10. The number of nitrogens with zero attached hydrogens (tertiary/aromatic N) is 1. The molecule has 27 heavy (non-hydrogen) atoms. The van der Waals surface area contributed by atoms with Crippen LogP contribution in [0, 0.1) is 25.2 Å². The molecule has 0 fully saturated rings. The van der Waals surface area contributed by atoms with Gasteiger partial charge in [0.1, 0.15) is 11.6 Å². The summed E-state index contributed by atoms with van der Waals surface area (Å²) in [6, 6.07) is 14.2. The molecule has 0 saturated heterocycles. The Kier molecular flexibility index (Phi) is 6.73. The third-order valence-electron chi connectivity index (χ3n) is 3.64. The van der Waals surface area contributed by atoms with Crippen LogP contribution in [-0.2, 0) is 9.53 Å². The maximum absolute atomic E-state index is 12.4. The lowest BCUT2D eigenvalue weighted by molar-refractivity contribution is -0.112. The highest BCUT2D eigenvalue weighted by molar-refractivity contribution is 6.09. The van der Waals surface area contributed by atoms with Crippen molar-refractivity contribution >= 4 is 23.3 Å². The second-order valence-electron chi connectivity index (χ2n) is 5.91. The Balaban J connectivity index is 2.18. The number of carbonyl (C=O) groups excluding carboxylic acids is 2. The van der Waals surface area contributed by atoms with Crippen molar-refractivity contribution in [1.29, 1.82) is 5.26 Å². The number of para-hydroxylation sites is 1. The van der Waals surface area contributed by atoms with E-state index in [1.807, 2.05) is 38.1 Å². The molecule has 2 aromatic carbocycles. The zero-order valence-corrected chi connectivity index (χ0v) is 15.5. The van der Waals surface area contributed by atoms with Crippen LogP contribution in [0.15, 0.2) is 54.2 Å². The van der Waals surface area contributed by atoms with Gasteiger partial charge < -0.3 is 15.4 Å². The van der Waals surface area contributed by atoms with Crippen molar-refractivity contribution in [2.75, 3.05) is 17.2 Å². The van der Waals surface area contributed by atoms with Crippen molar-refractivity contribution in [3.63, 3.8) is 0 Å². The van der Waals surface area contributed by atoms with Crippen LogP contribution in [0.5, 0.6) is 0 Å². The molecule has 0 aliphatic rings. The van der Waals surface area contributed by atoms with Gasteiger partial charge in [-0.25, -0.2) is 4.79 Å². The Hall–Kier alpha value is -3.59. The molecular formula is C21H21N3O3. The summed E-state index contributed by atoms with van der Waals surface area (Å²) in [6.07, 6.45) is 1.34. The summed E-state index contributed by atoms with van der Waals surface area (Å²) in [5.74, 6) is -1.16. The third-order valence-corrected chi connectivity index (χ3v) is 3.64. The molecule has 0 aliphatic heterocycles. The van der Waals surface area contributed by atoms with Crippen molar-refractivity contribution in [1.82, 2.24) is 0 Å². The molecule has 0 heterocycles. The monoisotopic (exact) mass is 363 g/mol. The van der Waals surface area contributed by atoms with Gasteiger partial charge in [0.25, 0.3) is 5.91 Å². The average Bonchev–Trinajstić information content (AvgIpc) is 2.62. The topological polar surface area (TPSA) is 91.2 Å². The fourth-order valence-electron chi connectivity index (χ4n) is 2.53. The van der Waals surface area contributed by atoms with E-state index in [2.05, 4.69) is 10.6 Å². The molecule has 2 aromatic rings. The number of ether oxygens (including phenoxy) is 1. The van der Waals surface area contributed by atoms with E-state index < -0.39 is 11.9 Å². The molecule has 0 aromatic heterocycles. The van der Waals surface area contributed by atoms with Crippen LogP contribution >= 0.6 is 0 Å². The normalized spacial score (nSPS) is 10.7. The van der Waals surface area contributed by atoms with Gasteiger partial charge in [-0.2, -0.15) is 5.26 Å². The Morgan fingerprint density at radius 1 is 1.15 bits per heavy atom. The summed E-state index contributed by atoms with van der Waals surface area (Å²) in [7, 11) is 0. The van der Waals surface area contributed by atoms with Gasteiger partial charge in [0.15, 0.2) is 0 Å². The number of carbonyl (C=O) groups is 2. The molecule has 0 unspecified atom stereocenters. The summed E-state index contributed by atoms with van der Waals surface area (Å²) in [6.45, 7) is 5.86. The van der Waals surface area contributed by atoms with Crippen LogP contribution < -0.4 is 10.6 Å². The first-order valence-electron chi connectivity index (χ1n) is 8.47. The molecule has 6 heteroatoms. The fourth-order valence-corrected chi connectivity index (χ4v) is 2.53. The highest BCUT2D eigenvalue weighted by atomic mass is 16.5. The maximum atomic E-state index is 12.4. The van der Waals surface area contributed by atoms with Crippen LogP contribution in [0.2, 0.25) is 0 Å². The predicted octanol–water partition coefficient (Wildman–Crippen LogP) is 3.94. The van der Waals surface area contributed by atoms with Crippen LogP contribution in [0.4, 0.5) is 11.4 Å². The minimum atomic E-state index is -0.619. The number of nitriles is 1. The zero-order valence-electron chi connectivity index (χ0n) is 15.5. The van der Waals surface area contributed by atoms with E-state index in [-0.39, 0.29) is 23.4 Å². The molecule has 0 spiro atoms. The van der Waals surface area contributed by atoms with Crippen molar-refractivity contribution in [2.24, 2.45) is 0 Å². The number of esters is 1. The van der Waals surface area contributed by atoms with Gasteiger partial charge in [0.2, 0.25) is 0 Å². The van der Waals surface area contributed by atoms with E-state index in [0.717, 1.165) is 16.8 Å². The molecule has 0 atom stereocenters. The fraction of sp³-hybridized carbons (Fsp3) is 0.190. The molecular weight excluding hydrogens is 342 g/mol. The lowest BCUT2D eigenvalue weighted by atomic mass is 10.1. The Bertz CT molecular complexity index is 906. The Morgan fingerprint density at radius 3 is 2.44 bits per heavy atom. The minimum absolute atomic E-state index is 0.118. The zero-order chi connectivity index (χ0) is 19.8. The summed E-state index contributed by atoms with van der Waals surface area (Å²) in [5.41, 5.74) is 3.31. The van der Waals surface area contributed by atoms with Gasteiger partial charge in [0, 0.05) is 11.9 Å². The van der Waals surface area contributed by atoms with Gasteiger partial charge in [0.05, 0.1) is 17.9 Å². The number of amides is 1. The minimum Gasteiger partial charge on any atom is -0.462 e. The Morgan fingerprint density at radius 2 is 1.81 bits per heavy atom. The van der Waals surface area contributed by atoms with Crippen molar-refractivity contribution in [3.05, 3.63) is 70.9 Å². The standard InChI is InChI=1S/C21H21N3O3/c1-4-27-21(26)18-7-5-6-8-19(18)24-20(25)16(12-22)13-23-17-10-14(2)9-15(3)11-17/h5-11,13,23H,4H2,1-3H3,(H,24,25)/b16-13-. The van der Waals surface area contributed by atoms with E-state index in [4.69, 9.17) is 4.74 Å². The number of nitrogens with one attached hydrogen (secondary N) is 2. The quantitative estimate of drug-likeness (QED) is 0.461. The third kappa shape index (κ3) is 5.44. The summed E-state index contributed by atoms with van der Waals surface area (Å²) in [4.78, 5) is 24.4. The SMILES string of the molecule is CCOC(=O)c1ccccc1NC(=O)/C(C#N)=C\Nc1cc(C)cc(C)c1. The Labute approximate surface area is 158 Å². The van der Waals surface area contributed by atoms with Gasteiger partial charge in [-0.3, -0.25) is 4.79 Å². The number of benzene rings is 2. The lowest BCUT2D eigenvalue weighted by Crippen LogP contribution is -2.17. The molecule has 1 amide bonds. The predicted molar refractivity (Wildman–Crippen MR) is 104 cm³/mol. The number of aryl methyl sites for hydroxylation is 2. The van der Waals surface area contributed by atoms with E-state index >= 15 is 0 Å². The summed E-state index contributed by atoms with van der Waals surface area (Å²) < 4.78 is 4.98. The molecule has 2 rings (SSSR count). The number of rotatable bonds is 6. The number of hydrogen-bond acceptors (Lipinski definition) is 5. The molecule has 0 radical (unpaired) electrons. The maximum Gasteiger partial charge on any atom is 0.340 e. The first kappa shape index (κ1) is 19.7. The van der Waals surface area contributed by atoms with E-state index in [0.29, 0.717) is 0 Å². The average molecular weight is 363 g/mol. The molecule has 0 saturated carbocycles. The van der Waals surface area contributed by atoms with Crippen molar-refractivity contribution in [2.45, 2.75) is 20.8 Å². The number of anilines is 2. The highest BCUT2D eigenvalue weighted by Gasteiger charge is 2.16. The molecule has 2 N–H and O–H groups in total. The first-order valence-corrected chi connectivity index (χ1v) is 8.47. The van der Waals surface area contributed by atoms with Crippen molar-refractivity contribution < 1.29 is 14.3 Å². The second kappa shape index (κ2) is 9.20. The van der Waals surface area contributed by atoms with E-state index in [1.54, 1.807) is 31.2 Å². The van der Waals surface area contributed by atoms with E-state index in [1.165, 1.54) is 6.20 Å². The van der Waals surface area contributed by atoms with Crippen LogP contribution in [0.1, 0.15) is 28.4 Å². The van der Waals surface area contributed by atoms with Crippen LogP contribution in [0.3, 0.4) is 0 Å². The summed E-state index contributed by atoms with van der Waals surface area (Å²) >= 11 is 0. The molecule has 0 bridgehead atoms. The van der Waals surface area contributed by atoms with Crippen LogP contribution in [-0.4, -0.2) is 18.5 Å². The van der Waals surface area contributed by atoms with Crippen molar-refractivity contribution in [3.8, 4) is 6.07 Å². The highest BCUT2D eigenvalue weighted by Crippen LogP contribution is 2.18.